The zero-order valence-corrected chi connectivity index (χ0v) is 18.1. The normalized spacial score (nSPS) is 11.7. The number of fused-ring (bicyclic) bond motifs is 1. The summed E-state index contributed by atoms with van der Waals surface area (Å²) in [5.74, 6) is 0.140. The number of halogens is 3. The van der Waals surface area contributed by atoms with Crippen molar-refractivity contribution in [2.24, 2.45) is 0 Å². The number of hydrogen-bond donors (Lipinski definition) is 2. The lowest BCUT2D eigenvalue weighted by molar-refractivity contribution is -0.137. The van der Waals surface area contributed by atoms with Gasteiger partial charge in [0, 0.05) is 24.3 Å². The quantitative estimate of drug-likeness (QED) is 0.462. The number of amides is 1. The van der Waals surface area contributed by atoms with E-state index >= 15 is 0 Å². The van der Waals surface area contributed by atoms with Crippen LogP contribution < -0.4 is 11.1 Å². The molecule has 0 spiro atoms. The number of aromatic nitrogens is 3. The Bertz CT molecular complexity index is 1340. The number of nitrogens with zero attached hydrogens (tertiary/aromatic N) is 3. The maximum absolute atomic E-state index is 12.9. The molecule has 2 aromatic carbocycles. The van der Waals surface area contributed by atoms with Gasteiger partial charge in [-0.25, -0.2) is 4.98 Å². The number of aryl methyl sites for hydroxylation is 2. The Morgan fingerprint density at radius 2 is 1.94 bits per heavy atom. The number of nitrogens with one attached hydrogen (secondary N) is 1. The van der Waals surface area contributed by atoms with Crippen LogP contribution in [0.3, 0.4) is 0 Å². The summed E-state index contributed by atoms with van der Waals surface area (Å²) in [4.78, 5) is 16.8. The van der Waals surface area contributed by atoms with Crippen molar-refractivity contribution >= 4 is 22.5 Å². The molecule has 0 saturated carbocycles. The highest BCUT2D eigenvalue weighted by Crippen LogP contribution is 2.30. The van der Waals surface area contributed by atoms with E-state index in [2.05, 4.69) is 15.4 Å². The summed E-state index contributed by atoms with van der Waals surface area (Å²) in [6.07, 6.45) is 0.158. The van der Waals surface area contributed by atoms with Crippen molar-refractivity contribution in [1.82, 2.24) is 20.1 Å². The molecule has 4 aromatic rings. The molecule has 170 valence electrons. The van der Waals surface area contributed by atoms with Gasteiger partial charge in [0.05, 0.1) is 23.9 Å². The van der Waals surface area contributed by atoms with E-state index in [4.69, 9.17) is 5.73 Å². The standard InChI is InChI=1S/C24H22F3N5O/c1-14-8-20-19(6-7-29-22(20)28)15(2)21(14)11-30-23(33)17-10-31-32(13-17)12-16-4-3-5-18(9-16)24(25,26)27/h3-10,13H,11-12H2,1-2H3,(H2,28,29)(H,30,33). The molecule has 33 heavy (non-hydrogen) atoms. The fraction of sp³-hybridized carbons (Fsp3) is 0.208. The van der Waals surface area contributed by atoms with Gasteiger partial charge in [0.1, 0.15) is 5.82 Å². The summed E-state index contributed by atoms with van der Waals surface area (Å²) in [7, 11) is 0. The molecule has 0 aliphatic carbocycles. The lowest BCUT2D eigenvalue weighted by Gasteiger charge is -2.14. The number of carbonyl (C=O) groups is 1. The van der Waals surface area contributed by atoms with Crippen molar-refractivity contribution in [3.8, 4) is 0 Å². The van der Waals surface area contributed by atoms with Crippen LogP contribution in [-0.4, -0.2) is 20.7 Å². The number of benzene rings is 2. The highest BCUT2D eigenvalue weighted by atomic mass is 19.4. The van der Waals surface area contributed by atoms with E-state index < -0.39 is 11.7 Å². The number of nitrogens with two attached hydrogens (primary N) is 1. The van der Waals surface area contributed by atoms with Gasteiger partial charge < -0.3 is 11.1 Å². The van der Waals surface area contributed by atoms with Crippen molar-refractivity contribution in [2.45, 2.75) is 33.1 Å². The molecule has 3 N–H and O–H groups in total. The van der Waals surface area contributed by atoms with Crippen molar-refractivity contribution in [3.63, 3.8) is 0 Å². The largest absolute Gasteiger partial charge is 0.416 e. The lowest BCUT2D eigenvalue weighted by atomic mass is 9.96. The summed E-state index contributed by atoms with van der Waals surface area (Å²) in [5.41, 5.74) is 9.01. The van der Waals surface area contributed by atoms with E-state index in [-0.39, 0.29) is 12.5 Å². The van der Waals surface area contributed by atoms with Crippen molar-refractivity contribution in [1.29, 1.82) is 0 Å². The number of hydrogen-bond acceptors (Lipinski definition) is 4. The molecule has 0 aliphatic heterocycles. The fourth-order valence-electron chi connectivity index (χ4n) is 3.87. The monoisotopic (exact) mass is 453 g/mol. The molecule has 0 unspecified atom stereocenters. The second-order valence-electron chi connectivity index (χ2n) is 7.90. The number of nitrogen functional groups attached to an aromatic ring is 1. The maximum atomic E-state index is 12.9. The molecule has 0 fully saturated rings. The Balaban J connectivity index is 1.47. The van der Waals surface area contributed by atoms with Gasteiger partial charge in [-0.15, -0.1) is 0 Å². The van der Waals surface area contributed by atoms with Crippen molar-refractivity contribution in [3.05, 3.63) is 88.4 Å². The van der Waals surface area contributed by atoms with E-state index in [1.807, 2.05) is 26.0 Å². The minimum Gasteiger partial charge on any atom is -0.383 e. The fourth-order valence-corrected chi connectivity index (χ4v) is 3.87. The van der Waals surface area contributed by atoms with Crippen LogP contribution in [-0.2, 0) is 19.3 Å². The van der Waals surface area contributed by atoms with Crippen LogP contribution in [0.2, 0.25) is 0 Å². The molecule has 6 nitrogen and oxygen atoms in total. The van der Waals surface area contributed by atoms with E-state index in [1.54, 1.807) is 12.3 Å². The Kier molecular flexibility index (Phi) is 5.80. The minimum atomic E-state index is -4.41. The zero-order chi connectivity index (χ0) is 23.8. The van der Waals surface area contributed by atoms with Gasteiger partial charge in [0.15, 0.2) is 0 Å². The molecular formula is C24H22F3N5O. The lowest BCUT2D eigenvalue weighted by Crippen LogP contribution is -2.23. The van der Waals surface area contributed by atoms with Crippen LogP contribution in [0.4, 0.5) is 19.0 Å². The van der Waals surface area contributed by atoms with Gasteiger partial charge in [-0.3, -0.25) is 9.48 Å². The Hall–Kier alpha value is -3.88. The van der Waals surface area contributed by atoms with Gasteiger partial charge in [-0.1, -0.05) is 12.1 Å². The second kappa shape index (κ2) is 8.57. The SMILES string of the molecule is Cc1cc2c(N)nccc2c(C)c1CNC(=O)c1cnn(Cc2cccc(C(F)(F)F)c2)c1. The highest BCUT2D eigenvalue weighted by molar-refractivity contribution is 5.95. The highest BCUT2D eigenvalue weighted by Gasteiger charge is 2.30. The van der Waals surface area contributed by atoms with Crippen LogP contribution in [0, 0.1) is 13.8 Å². The van der Waals surface area contributed by atoms with Gasteiger partial charge in [-0.2, -0.15) is 18.3 Å². The Labute approximate surface area is 188 Å². The third-order valence-corrected chi connectivity index (χ3v) is 5.63. The average molecular weight is 453 g/mol. The smallest absolute Gasteiger partial charge is 0.383 e. The first-order chi connectivity index (χ1) is 15.6. The number of anilines is 1. The Morgan fingerprint density at radius 3 is 2.70 bits per heavy atom. The van der Waals surface area contributed by atoms with E-state index in [9.17, 15) is 18.0 Å². The van der Waals surface area contributed by atoms with Crippen LogP contribution in [0.5, 0.6) is 0 Å². The molecule has 0 saturated heterocycles. The molecule has 9 heteroatoms. The van der Waals surface area contributed by atoms with Gasteiger partial charge in [0.25, 0.3) is 5.91 Å². The minimum absolute atomic E-state index is 0.121. The third-order valence-electron chi connectivity index (χ3n) is 5.63. The number of alkyl halides is 3. The van der Waals surface area contributed by atoms with Crippen LogP contribution in [0.1, 0.15) is 38.2 Å². The molecule has 0 aliphatic rings. The molecule has 1 amide bonds. The van der Waals surface area contributed by atoms with Crippen LogP contribution >= 0.6 is 0 Å². The summed E-state index contributed by atoms with van der Waals surface area (Å²) in [6.45, 7) is 4.36. The molecule has 2 aromatic heterocycles. The first kappa shape index (κ1) is 22.3. The summed E-state index contributed by atoms with van der Waals surface area (Å²) in [5, 5.41) is 8.86. The summed E-state index contributed by atoms with van der Waals surface area (Å²) in [6, 6.07) is 8.89. The molecular weight excluding hydrogens is 431 g/mol. The number of rotatable bonds is 5. The first-order valence-electron chi connectivity index (χ1n) is 10.2. The molecule has 0 atom stereocenters. The van der Waals surface area contributed by atoms with E-state index in [0.717, 1.165) is 39.6 Å². The van der Waals surface area contributed by atoms with E-state index in [0.29, 0.717) is 23.5 Å². The molecule has 4 rings (SSSR count). The molecule has 0 radical (unpaired) electrons. The number of carbonyl (C=O) groups excluding carboxylic acids is 1. The predicted octanol–water partition coefficient (Wildman–Crippen LogP) is 4.63. The average Bonchev–Trinajstić information content (AvgIpc) is 3.22. The topological polar surface area (TPSA) is 85.8 Å². The Morgan fingerprint density at radius 1 is 1.15 bits per heavy atom. The summed E-state index contributed by atoms with van der Waals surface area (Å²) < 4.78 is 40.2. The van der Waals surface area contributed by atoms with Gasteiger partial charge in [-0.05, 0) is 65.8 Å². The van der Waals surface area contributed by atoms with Crippen molar-refractivity contribution < 1.29 is 18.0 Å². The maximum Gasteiger partial charge on any atom is 0.416 e. The second-order valence-corrected chi connectivity index (χ2v) is 7.90. The number of pyridine rings is 1. The van der Waals surface area contributed by atoms with E-state index in [1.165, 1.54) is 23.1 Å². The first-order valence-corrected chi connectivity index (χ1v) is 10.2. The third kappa shape index (κ3) is 4.67. The van der Waals surface area contributed by atoms with Crippen LogP contribution in [0.25, 0.3) is 10.8 Å². The summed E-state index contributed by atoms with van der Waals surface area (Å²) >= 11 is 0. The zero-order valence-electron chi connectivity index (χ0n) is 18.1. The van der Waals surface area contributed by atoms with Crippen LogP contribution in [0.15, 0.2) is 55.0 Å². The van der Waals surface area contributed by atoms with Crippen molar-refractivity contribution in [2.75, 3.05) is 5.73 Å². The predicted molar refractivity (Wildman–Crippen MR) is 120 cm³/mol. The molecule has 2 heterocycles. The molecule has 0 bridgehead atoms. The van der Waals surface area contributed by atoms with Gasteiger partial charge in [0.2, 0.25) is 0 Å². The van der Waals surface area contributed by atoms with Gasteiger partial charge >= 0.3 is 6.18 Å².